The number of amides is 1. The number of hydrogen-bond acceptors (Lipinski definition) is 3. The fourth-order valence-electron chi connectivity index (χ4n) is 1.93. The van der Waals surface area contributed by atoms with E-state index < -0.39 is 45.6 Å². The summed E-state index contributed by atoms with van der Waals surface area (Å²) in [5.41, 5.74) is 0.398. The molecule has 2 aromatic carbocycles. The van der Waals surface area contributed by atoms with Crippen LogP contribution < -0.4 is 5.32 Å². The number of carbonyl (C=O) groups excluding carboxylic acids is 2. The highest BCUT2D eigenvalue weighted by Gasteiger charge is 2.26. The Kier molecular flexibility index (Phi) is 5.78. The Morgan fingerprint density at radius 2 is 1.44 bits per heavy atom. The number of rotatable bonds is 5. The summed E-state index contributed by atoms with van der Waals surface area (Å²) in [6.07, 6.45) is 0. The van der Waals surface area contributed by atoms with Crippen LogP contribution in [0.1, 0.15) is 17.3 Å². The summed E-state index contributed by atoms with van der Waals surface area (Å²) in [5, 5.41) is 2.35. The molecular formula is C16H10F5NO2S. The Morgan fingerprint density at radius 1 is 0.920 bits per heavy atom. The first-order valence-corrected chi connectivity index (χ1v) is 7.76. The number of thioether (sulfide) groups is 1. The molecule has 0 aromatic heterocycles. The van der Waals surface area contributed by atoms with Crippen molar-refractivity contribution < 1.29 is 31.5 Å². The molecule has 2 aromatic rings. The number of ketones is 1. The van der Waals surface area contributed by atoms with Crippen LogP contribution in [0.4, 0.5) is 27.6 Å². The third-order valence-corrected chi connectivity index (χ3v) is 4.15. The molecule has 0 saturated carbocycles. The van der Waals surface area contributed by atoms with Crippen LogP contribution >= 0.6 is 11.8 Å². The maximum absolute atomic E-state index is 13.5. The molecule has 0 saturated heterocycles. The quantitative estimate of drug-likeness (QED) is 0.278. The minimum Gasteiger partial charge on any atom is -0.325 e. The monoisotopic (exact) mass is 375 g/mol. The highest BCUT2D eigenvalue weighted by atomic mass is 32.2. The summed E-state index contributed by atoms with van der Waals surface area (Å²) >= 11 is 0.159. The van der Waals surface area contributed by atoms with Crippen LogP contribution in [0, 0.1) is 29.1 Å². The molecule has 0 spiro atoms. The van der Waals surface area contributed by atoms with Crippen LogP contribution in [0.5, 0.6) is 0 Å². The SMILES string of the molecule is CC(=O)c1ccccc1NC(=O)CSc1c(F)c(F)c(F)c(F)c1F. The highest BCUT2D eigenvalue weighted by molar-refractivity contribution is 8.00. The molecule has 132 valence electrons. The van der Waals surface area contributed by atoms with E-state index in [1.807, 2.05) is 0 Å². The zero-order valence-corrected chi connectivity index (χ0v) is 13.4. The molecule has 1 N–H and O–H groups in total. The van der Waals surface area contributed by atoms with E-state index in [0.29, 0.717) is 0 Å². The lowest BCUT2D eigenvalue weighted by Gasteiger charge is -2.10. The van der Waals surface area contributed by atoms with Gasteiger partial charge in [-0.05, 0) is 19.1 Å². The molecule has 0 aliphatic carbocycles. The van der Waals surface area contributed by atoms with Crippen molar-refractivity contribution in [3.8, 4) is 0 Å². The number of para-hydroxylation sites is 1. The molecule has 2 rings (SSSR count). The van der Waals surface area contributed by atoms with Crippen LogP contribution in [0.25, 0.3) is 0 Å². The van der Waals surface area contributed by atoms with Gasteiger partial charge in [-0.1, -0.05) is 12.1 Å². The van der Waals surface area contributed by atoms with Crippen molar-refractivity contribution in [3.63, 3.8) is 0 Å². The van der Waals surface area contributed by atoms with Crippen molar-refractivity contribution in [2.75, 3.05) is 11.1 Å². The molecule has 0 aliphatic heterocycles. The largest absolute Gasteiger partial charge is 0.325 e. The highest BCUT2D eigenvalue weighted by Crippen LogP contribution is 2.31. The first-order valence-electron chi connectivity index (χ1n) is 6.78. The second kappa shape index (κ2) is 7.64. The van der Waals surface area contributed by atoms with E-state index in [2.05, 4.69) is 5.32 Å². The first-order chi connectivity index (χ1) is 11.7. The standard InChI is InChI=1S/C16H10F5NO2S/c1-7(23)8-4-2-3-5-9(8)22-10(24)6-25-16-14(20)12(18)11(17)13(19)15(16)21/h2-5H,6H2,1H3,(H,22,24). The molecule has 0 aliphatic rings. The number of halogens is 5. The number of benzene rings is 2. The number of hydrogen-bond donors (Lipinski definition) is 1. The van der Waals surface area contributed by atoms with E-state index in [1.54, 1.807) is 12.1 Å². The van der Waals surface area contributed by atoms with Crippen molar-refractivity contribution >= 4 is 29.1 Å². The second-order valence-corrected chi connectivity index (χ2v) is 5.82. The van der Waals surface area contributed by atoms with Crippen molar-refractivity contribution in [1.29, 1.82) is 0 Å². The minimum atomic E-state index is -2.26. The Labute approximate surface area is 143 Å². The molecular weight excluding hydrogens is 365 g/mol. The van der Waals surface area contributed by atoms with E-state index in [4.69, 9.17) is 0 Å². The molecule has 0 heterocycles. The van der Waals surface area contributed by atoms with Crippen molar-refractivity contribution in [2.24, 2.45) is 0 Å². The van der Waals surface area contributed by atoms with Gasteiger partial charge in [0.2, 0.25) is 11.7 Å². The van der Waals surface area contributed by atoms with E-state index in [9.17, 15) is 31.5 Å². The smallest absolute Gasteiger partial charge is 0.234 e. The van der Waals surface area contributed by atoms with Gasteiger partial charge < -0.3 is 5.32 Å². The molecule has 0 bridgehead atoms. The van der Waals surface area contributed by atoms with Gasteiger partial charge >= 0.3 is 0 Å². The average Bonchev–Trinajstić information content (AvgIpc) is 2.58. The summed E-state index contributed by atoms with van der Waals surface area (Å²) in [7, 11) is 0. The molecule has 9 heteroatoms. The van der Waals surface area contributed by atoms with Crippen LogP contribution in [-0.4, -0.2) is 17.4 Å². The Morgan fingerprint density at radius 3 is 2.00 bits per heavy atom. The summed E-state index contributed by atoms with van der Waals surface area (Å²) in [4.78, 5) is 22.2. The normalized spacial score (nSPS) is 10.6. The molecule has 3 nitrogen and oxygen atoms in total. The number of carbonyl (C=O) groups is 2. The summed E-state index contributed by atoms with van der Waals surface area (Å²) in [5.74, 6) is -12.1. The topological polar surface area (TPSA) is 46.2 Å². The van der Waals surface area contributed by atoms with Gasteiger partial charge in [-0.2, -0.15) is 0 Å². The lowest BCUT2D eigenvalue weighted by molar-refractivity contribution is -0.113. The van der Waals surface area contributed by atoms with Gasteiger partial charge in [0.05, 0.1) is 16.3 Å². The van der Waals surface area contributed by atoms with Gasteiger partial charge in [-0.25, -0.2) is 22.0 Å². The van der Waals surface area contributed by atoms with Crippen molar-refractivity contribution in [1.82, 2.24) is 0 Å². The molecule has 0 radical (unpaired) electrons. The number of Topliss-reactive ketones (excluding diaryl/α,β-unsaturated/α-hetero) is 1. The lowest BCUT2D eigenvalue weighted by atomic mass is 10.1. The van der Waals surface area contributed by atoms with Crippen LogP contribution in [0.15, 0.2) is 29.2 Å². The maximum Gasteiger partial charge on any atom is 0.234 e. The average molecular weight is 375 g/mol. The molecule has 1 amide bonds. The molecule has 0 atom stereocenters. The van der Waals surface area contributed by atoms with Gasteiger partial charge in [0.1, 0.15) is 0 Å². The second-order valence-electron chi connectivity index (χ2n) is 4.84. The third-order valence-electron chi connectivity index (χ3n) is 3.10. The Bertz CT molecular complexity index is 828. The minimum absolute atomic E-state index is 0.159. The summed E-state index contributed by atoms with van der Waals surface area (Å²) < 4.78 is 66.2. The Balaban J connectivity index is 2.16. The predicted octanol–water partition coefficient (Wildman–Crippen LogP) is 4.32. The van der Waals surface area contributed by atoms with Gasteiger partial charge in [-0.15, -0.1) is 11.8 Å². The third kappa shape index (κ3) is 3.98. The molecule has 25 heavy (non-hydrogen) atoms. The lowest BCUT2D eigenvalue weighted by Crippen LogP contribution is -2.16. The Hall–Kier alpha value is -2.42. The fraction of sp³-hybridized carbons (Fsp3) is 0.125. The summed E-state index contributed by atoms with van der Waals surface area (Å²) in [6, 6.07) is 6.04. The maximum atomic E-state index is 13.5. The van der Waals surface area contributed by atoms with Gasteiger partial charge in [0, 0.05) is 5.56 Å². The predicted molar refractivity (Wildman–Crippen MR) is 82.0 cm³/mol. The zero-order valence-electron chi connectivity index (χ0n) is 12.6. The van der Waals surface area contributed by atoms with Gasteiger partial charge in [0.15, 0.2) is 29.1 Å². The van der Waals surface area contributed by atoms with E-state index in [1.165, 1.54) is 19.1 Å². The fourth-order valence-corrected chi connectivity index (χ4v) is 2.71. The van der Waals surface area contributed by atoms with Gasteiger partial charge in [-0.3, -0.25) is 9.59 Å². The van der Waals surface area contributed by atoms with Crippen molar-refractivity contribution in [3.05, 3.63) is 58.9 Å². The van der Waals surface area contributed by atoms with E-state index in [0.717, 1.165) is 0 Å². The number of anilines is 1. The molecule has 0 fully saturated rings. The van der Waals surface area contributed by atoms with E-state index >= 15 is 0 Å². The van der Waals surface area contributed by atoms with Gasteiger partial charge in [0.25, 0.3) is 0 Å². The summed E-state index contributed by atoms with van der Waals surface area (Å²) in [6.45, 7) is 1.29. The van der Waals surface area contributed by atoms with E-state index in [-0.39, 0.29) is 28.8 Å². The van der Waals surface area contributed by atoms with Crippen LogP contribution in [-0.2, 0) is 4.79 Å². The number of nitrogens with one attached hydrogen (secondary N) is 1. The first kappa shape index (κ1) is 18.9. The van der Waals surface area contributed by atoms with Crippen LogP contribution in [0.3, 0.4) is 0 Å². The molecule has 0 unspecified atom stereocenters. The van der Waals surface area contributed by atoms with Crippen molar-refractivity contribution in [2.45, 2.75) is 11.8 Å². The zero-order chi connectivity index (χ0) is 18.7. The van der Waals surface area contributed by atoms with Crippen LogP contribution in [0.2, 0.25) is 0 Å².